The van der Waals surface area contributed by atoms with Gasteiger partial charge in [-0.05, 0) is 55.0 Å². The van der Waals surface area contributed by atoms with Gasteiger partial charge in [0, 0.05) is 24.8 Å². The van der Waals surface area contributed by atoms with E-state index in [0.29, 0.717) is 36.3 Å². The fourth-order valence-electron chi connectivity index (χ4n) is 3.55. The molecule has 1 aliphatic rings. The maximum absolute atomic E-state index is 13.0. The Labute approximate surface area is 160 Å². The highest BCUT2D eigenvalue weighted by Gasteiger charge is 2.32. The maximum atomic E-state index is 13.0. The minimum absolute atomic E-state index is 0.147. The number of nitrogens with one attached hydrogen (secondary N) is 1. The average molecular weight is 388 g/mol. The molecule has 0 radical (unpaired) electrons. The van der Waals surface area contributed by atoms with Crippen molar-refractivity contribution in [1.29, 1.82) is 0 Å². The molecular formula is C20H25N3O3S. The molecule has 1 aliphatic heterocycles. The summed E-state index contributed by atoms with van der Waals surface area (Å²) >= 11 is 0. The zero-order chi connectivity index (χ0) is 19.6. The van der Waals surface area contributed by atoms with Crippen molar-refractivity contribution in [1.82, 2.24) is 9.29 Å². The van der Waals surface area contributed by atoms with Gasteiger partial charge in [-0.2, -0.15) is 4.31 Å². The van der Waals surface area contributed by atoms with Gasteiger partial charge < -0.3 is 5.32 Å². The van der Waals surface area contributed by atoms with E-state index >= 15 is 0 Å². The van der Waals surface area contributed by atoms with Crippen molar-refractivity contribution in [3.05, 3.63) is 53.7 Å². The third kappa shape index (κ3) is 4.36. The molecule has 0 aliphatic carbocycles. The highest BCUT2D eigenvalue weighted by molar-refractivity contribution is 7.89. The topological polar surface area (TPSA) is 79.4 Å². The summed E-state index contributed by atoms with van der Waals surface area (Å²) in [4.78, 5) is 16.9. The molecule has 2 aromatic rings. The number of benzene rings is 1. The zero-order valence-corrected chi connectivity index (χ0v) is 16.7. The quantitative estimate of drug-likeness (QED) is 0.873. The van der Waals surface area contributed by atoms with E-state index in [4.69, 9.17) is 0 Å². The summed E-state index contributed by atoms with van der Waals surface area (Å²) in [6.45, 7) is 7.00. The molecule has 0 spiro atoms. The van der Waals surface area contributed by atoms with E-state index in [1.165, 1.54) is 10.4 Å². The van der Waals surface area contributed by atoms with Crippen LogP contribution in [0.3, 0.4) is 0 Å². The molecule has 0 unspecified atom stereocenters. The van der Waals surface area contributed by atoms with Crippen LogP contribution in [-0.2, 0) is 10.0 Å². The Morgan fingerprint density at radius 1 is 1.15 bits per heavy atom. The Morgan fingerprint density at radius 2 is 1.85 bits per heavy atom. The van der Waals surface area contributed by atoms with Crippen molar-refractivity contribution < 1.29 is 13.2 Å². The highest BCUT2D eigenvalue weighted by Crippen LogP contribution is 2.27. The van der Waals surface area contributed by atoms with Crippen molar-refractivity contribution in [2.75, 3.05) is 18.4 Å². The molecule has 3 rings (SSSR count). The number of piperidine rings is 1. The van der Waals surface area contributed by atoms with Gasteiger partial charge in [0.25, 0.3) is 5.91 Å². The van der Waals surface area contributed by atoms with Gasteiger partial charge in [0.1, 0.15) is 5.82 Å². The number of amides is 1. The van der Waals surface area contributed by atoms with Crippen molar-refractivity contribution in [2.45, 2.75) is 32.1 Å². The number of pyridine rings is 1. The van der Waals surface area contributed by atoms with Crippen molar-refractivity contribution >= 4 is 21.7 Å². The van der Waals surface area contributed by atoms with E-state index < -0.39 is 10.0 Å². The van der Waals surface area contributed by atoms with E-state index in [2.05, 4.69) is 24.1 Å². The van der Waals surface area contributed by atoms with Crippen LogP contribution in [0.15, 0.2) is 47.5 Å². The number of rotatable bonds is 4. The lowest BCUT2D eigenvalue weighted by Crippen LogP contribution is -2.42. The third-order valence-corrected chi connectivity index (χ3v) is 6.64. The molecule has 27 heavy (non-hydrogen) atoms. The second kappa shape index (κ2) is 7.78. The Bertz CT molecular complexity index is 933. The van der Waals surface area contributed by atoms with Crippen LogP contribution in [0.2, 0.25) is 0 Å². The Kier molecular flexibility index (Phi) is 5.62. The number of carbonyl (C=O) groups is 1. The summed E-state index contributed by atoms with van der Waals surface area (Å²) in [5, 5.41) is 2.74. The van der Waals surface area contributed by atoms with Crippen molar-refractivity contribution in [3.63, 3.8) is 0 Å². The van der Waals surface area contributed by atoms with Gasteiger partial charge in [0.05, 0.1) is 4.90 Å². The van der Waals surface area contributed by atoms with Crippen molar-refractivity contribution in [2.24, 2.45) is 11.8 Å². The maximum Gasteiger partial charge on any atom is 0.256 e. The van der Waals surface area contributed by atoms with Crippen LogP contribution >= 0.6 is 0 Å². The molecule has 0 saturated carbocycles. The number of aryl methyl sites for hydroxylation is 1. The third-order valence-electron chi connectivity index (χ3n) is 4.81. The number of anilines is 1. The molecule has 1 aromatic heterocycles. The fourth-order valence-corrected chi connectivity index (χ4v) is 5.27. The van der Waals surface area contributed by atoms with E-state index in [9.17, 15) is 13.2 Å². The smallest absolute Gasteiger partial charge is 0.256 e. The predicted molar refractivity (Wildman–Crippen MR) is 105 cm³/mol. The molecule has 6 nitrogen and oxygen atoms in total. The number of nitrogens with zero attached hydrogens (tertiary/aromatic N) is 2. The van der Waals surface area contributed by atoms with E-state index in [-0.39, 0.29) is 10.8 Å². The monoisotopic (exact) mass is 387 g/mol. The minimum atomic E-state index is -3.63. The standard InChI is InChI=1S/C20H25N3O3S/c1-14-10-15(2)13-23(12-14)27(25,26)18-8-4-7-17(11-18)20(24)22-19-16(3)6-5-9-21-19/h4-9,11,14-15H,10,12-13H2,1-3H3,(H,21,22,24)/t14-,15-/m1/s1. The molecule has 1 N–H and O–H groups in total. The van der Waals surface area contributed by atoms with Gasteiger partial charge in [-0.3, -0.25) is 4.79 Å². The first-order valence-corrected chi connectivity index (χ1v) is 10.5. The van der Waals surface area contributed by atoms with Crippen LogP contribution in [0.5, 0.6) is 0 Å². The molecular weight excluding hydrogens is 362 g/mol. The van der Waals surface area contributed by atoms with Gasteiger partial charge in [0.15, 0.2) is 0 Å². The lowest BCUT2D eigenvalue weighted by molar-refractivity contribution is 0.102. The van der Waals surface area contributed by atoms with Gasteiger partial charge in [0.2, 0.25) is 10.0 Å². The number of sulfonamides is 1. The first-order valence-electron chi connectivity index (χ1n) is 9.10. The van der Waals surface area contributed by atoms with Gasteiger partial charge in [-0.25, -0.2) is 13.4 Å². The molecule has 0 bridgehead atoms. The SMILES string of the molecule is Cc1cccnc1NC(=O)c1cccc(S(=O)(=O)N2C[C@H](C)C[C@@H](C)C2)c1. The first-order chi connectivity index (χ1) is 12.8. The molecule has 1 amide bonds. The zero-order valence-electron chi connectivity index (χ0n) is 15.8. The highest BCUT2D eigenvalue weighted by atomic mass is 32.2. The fraction of sp³-hybridized carbons (Fsp3) is 0.400. The molecule has 7 heteroatoms. The van der Waals surface area contributed by atoms with Crippen LogP contribution in [0, 0.1) is 18.8 Å². The summed E-state index contributed by atoms with van der Waals surface area (Å²) in [6, 6.07) is 9.83. The summed E-state index contributed by atoms with van der Waals surface area (Å²) in [6.07, 6.45) is 2.63. The van der Waals surface area contributed by atoms with E-state index in [1.807, 2.05) is 13.0 Å². The predicted octanol–water partition coefficient (Wildman–Crippen LogP) is 3.31. The summed E-state index contributed by atoms with van der Waals surface area (Å²) in [5.41, 5.74) is 1.13. The van der Waals surface area contributed by atoms with E-state index in [0.717, 1.165) is 12.0 Å². The van der Waals surface area contributed by atoms with Crippen LogP contribution in [0.1, 0.15) is 36.2 Å². The van der Waals surface area contributed by atoms with Gasteiger partial charge >= 0.3 is 0 Å². The van der Waals surface area contributed by atoms with Crippen LogP contribution < -0.4 is 5.32 Å². The summed E-state index contributed by atoms with van der Waals surface area (Å²) in [5.74, 6) is 0.730. The number of hydrogen-bond donors (Lipinski definition) is 1. The lowest BCUT2D eigenvalue weighted by Gasteiger charge is -2.34. The Hall–Kier alpha value is -2.25. The minimum Gasteiger partial charge on any atom is -0.306 e. The number of hydrogen-bond acceptors (Lipinski definition) is 4. The Balaban J connectivity index is 1.84. The molecule has 2 atom stereocenters. The normalized spacial score (nSPS) is 21.0. The van der Waals surface area contributed by atoms with Crippen LogP contribution in [-0.4, -0.2) is 36.7 Å². The van der Waals surface area contributed by atoms with Crippen LogP contribution in [0.25, 0.3) is 0 Å². The van der Waals surface area contributed by atoms with Gasteiger partial charge in [-0.15, -0.1) is 0 Å². The molecule has 1 saturated heterocycles. The molecule has 1 fully saturated rings. The molecule has 144 valence electrons. The van der Waals surface area contributed by atoms with Crippen molar-refractivity contribution in [3.8, 4) is 0 Å². The Morgan fingerprint density at radius 3 is 2.52 bits per heavy atom. The van der Waals surface area contributed by atoms with Crippen LogP contribution in [0.4, 0.5) is 5.82 Å². The number of carbonyl (C=O) groups excluding carboxylic acids is 1. The summed E-state index contributed by atoms with van der Waals surface area (Å²) < 4.78 is 27.6. The first kappa shape index (κ1) is 19.5. The largest absolute Gasteiger partial charge is 0.306 e. The summed E-state index contributed by atoms with van der Waals surface area (Å²) in [7, 11) is -3.63. The second-order valence-corrected chi connectivity index (χ2v) is 9.36. The van der Waals surface area contributed by atoms with E-state index in [1.54, 1.807) is 30.5 Å². The molecule has 1 aromatic carbocycles. The number of aromatic nitrogens is 1. The molecule has 2 heterocycles. The lowest BCUT2D eigenvalue weighted by atomic mass is 9.94. The second-order valence-electron chi connectivity index (χ2n) is 7.42. The van der Waals surface area contributed by atoms with Gasteiger partial charge in [-0.1, -0.05) is 26.0 Å². The average Bonchev–Trinajstić information content (AvgIpc) is 2.63.